The van der Waals surface area contributed by atoms with E-state index < -0.39 is 0 Å². The van der Waals surface area contributed by atoms with Gasteiger partial charge in [-0.25, -0.2) is 0 Å². The summed E-state index contributed by atoms with van der Waals surface area (Å²) in [6.07, 6.45) is 3.91. The van der Waals surface area contributed by atoms with Crippen molar-refractivity contribution in [1.29, 1.82) is 0 Å². The quantitative estimate of drug-likeness (QED) is 0.619. The standard InChI is InChI=1S/C16H21N2O2/c1-18(2,3)14-10-7-11-15(19)17(16(14)20)12-13-8-5-4-6-9-13/h4-9,11,14H,10,12H2,1-3H3/q+1/t14-/m1/s1. The fraction of sp³-hybridized carbons (Fsp3) is 0.375. The fourth-order valence-electron chi connectivity index (χ4n) is 2.35. The summed E-state index contributed by atoms with van der Waals surface area (Å²) in [4.78, 5) is 26.1. The normalized spacial score (nSPS) is 20.1. The van der Waals surface area contributed by atoms with Gasteiger partial charge in [-0.2, -0.15) is 0 Å². The molecule has 1 aliphatic heterocycles. The average molecular weight is 273 g/mol. The van der Waals surface area contributed by atoms with Crippen LogP contribution in [0.5, 0.6) is 0 Å². The predicted octanol–water partition coefficient (Wildman–Crippen LogP) is 1.58. The number of rotatable bonds is 3. The van der Waals surface area contributed by atoms with E-state index in [9.17, 15) is 9.59 Å². The molecule has 1 aliphatic rings. The zero-order chi connectivity index (χ0) is 14.8. The highest BCUT2D eigenvalue weighted by Crippen LogP contribution is 2.18. The molecule has 1 aromatic carbocycles. The lowest BCUT2D eigenvalue weighted by molar-refractivity contribution is -0.886. The number of amides is 2. The van der Waals surface area contributed by atoms with E-state index in [0.29, 0.717) is 17.4 Å². The van der Waals surface area contributed by atoms with Crippen molar-refractivity contribution < 1.29 is 14.1 Å². The van der Waals surface area contributed by atoms with Crippen LogP contribution in [0.1, 0.15) is 12.0 Å². The smallest absolute Gasteiger partial charge is 0.288 e. The maximum atomic E-state index is 12.7. The molecule has 0 radical (unpaired) electrons. The van der Waals surface area contributed by atoms with Gasteiger partial charge in [-0.1, -0.05) is 36.4 Å². The lowest BCUT2D eigenvalue weighted by atomic mass is 10.1. The summed E-state index contributed by atoms with van der Waals surface area (Å²) in [7, 11) is 5.94. The first kappa shape index (κ1) is 14.5. The Labute approximate surface area is 119 Å². The molecule has 0 aromatic heterocycles. The van der Waals surface area contributed by atoms with Crippen LogP contribution in [-0.4, -0.2) is 48.4 Å². The minimum Gasteiger partial charge on any atom is -0.320 e. The Kier molecular flexibility index (Phi) is 4.04. The topological polar surface area (TPSA) is 37.4 Å². The first-order valence-corrected chi connectivity index (χ1v) is 6.76. The third-order valence-corrected chi connectivity index (χ3v) is 3.56. The SMILES string of the molecule is C[N+](C)(C)[C@@H]1CC=CC(=O)N(Cc2ccccc2)C1=O. The molecule has 0 aliphatic carbocycles. The number of hydrogen-bond donors (Lipinski definition) is 0. The van der Waals surface area contributed by atoms with Crippen molar-refractivity contribution in [1.82, 2.24) is 4.90 Å². The number of nitrogens with zero attached hydrogens (tertiary/aromatic N) is 2. The molecule has 4 nitrogen and oxygen atoms in total. The van der Waals surface area contributed by atoms with Crippen LogP contribution in [0.2, 0.25) is 0 Å². The Bertz CT molecular complexity index is 529. The van der Waals surface area contributed by atoms with Crippen molar-refractivity contribution in [3.05, 3.63) is 48.0 Å². The van der Waals surface area contributed by atoms with Crippen molar-refractivity contribution in [2.45, 2.75) is 19.0 Å². The zero-order valence-corrected chi connectivity index (χ0v) is 12.2. The van der Waals surface area contributed by atoms with Crippen LogP contribution in [-0.2, 0) is 16.1 Å². The molecule has 0 spiro atoms. The minimum atomic E-state index is -0.227. The molecular weight excluding hydrogens is 252 g/mol. The highest BCUT2D eigenvalue weighted by Gasteiger charge is 2.37. The fourth-order valence-corrected chi connectivity index (χ4v) is 2.35. The monoisotopic (exact) mass is 273 g/mol. The summed E-state index contributed by atoms with van der Waals surface area (Å²) in [6, 6.07) is 9.38. The first-order valence-electron chi connectivity index (χ1n) is 6.76. The Hall–Kier alpha value is -1.94. The van der Waals surface area contributed by atoms with Gasteiger partial charge < -0.3 is 4.48 Å². The molecule has 0 fully saturated rings. The predicted molar refractivity (Wildman–Crippen MR) is 77.6 cm³/mol. The number of hydrogen-bond acceptors (Lipinski definition) is 2. The van der Waals surface area contributed by atoms with Gasteiger partial charge in [0.15, 0.2) is 6.04 Å². The van der Waals surface area contributed by atoms with Crippen LogP contribution in [0.4, 0.5) is 0 Å². The molecule has 2 rings (SSSR count). The van der Waals surface area contributed by atoms with Crippen molar-refractivity contribution >= 4 is 11.8 Å². The van der Waals surface area contributed by atoms with Gasteiger partial charge in [-0.3, -0.25) is 14.5 Å². The molecule has 0 saturated heterocycles. The largest absolute Gasteiger partial charge is 0.320 e. The van der Waals surface area contributed by atoms with Crippen molar-refractivity contribution in [3.8, 4) is 0 Å². The summed E-state index contributed by atoms with van der Waals surface area (Å²) >= 11 is 0. The molecule has 4 heteroatoms. The van der Waals surface area contributed by atoms with Gasteiger partial charge >= 0.3 is 0 Å². The van der Waals surface area contributed by atoms with Crippen LogP contribution in [0.3, 0.4) is 0 Å². The number of imide groups is 1. The van der Waals surface area contributed by atoms with E-state index in [1.807, 2.05) is 51.5 Å². The van der Waals surface area contributed by atoms with Crippen LogP contribution >= 0.6 is 0 Å². The number of carbonyl (C=O) groups excluding carboxylic acids is 2. The summed E-state index contributed by atoms with van der Waals surface area (Å²) < 4.78 is 0.516. The molecule has 106 valence electrons. The Morgan fingerprint density at radius 1 is 1.15 bits per heavy atom. The Morgan fingerprint density at radius 2 is 1.80 bits per heavy atom. The maximum Gasteiger partial charge on any atom is 0.288 e. The summed E-state index contributed by atoms with van der Waals surface area (Å²) in [5, 5.41) is 0. The van der Waals surface area contributed by atoms with Crippen LogP contribution in [0.25, 0.3) is 0 Å². The molecule has 2 amide bonds. The number of carbonyl (C=O) groups is 2. The average Bonchev–Trinajstić information content (AvgIpc) is 2.52. The molecular formula is C16H21N2O2+. The van der Waals surface area contributed by atoms with Crippen molar-refractivity contribution in [3.63, 3.8) is 0 Å². The second-order valence-corrected chi connectivity index (χ2v) is 6.02. The summed E-state index contributed by atoms with van der Waals surface area (Å²) in [6.45, 7) is 0.333. The van der Waals surface area contributed by atoms with Crippen LogP contribution in [0, 0.1) is 0 Å². The maximum absolute atomic E-state index is 12.7. The number of likely N-dealkylation sites (N-methyl/N-ethyl adjacent to an activating group) is 1. The van der Waals surface area contributed by atoms with Gasteiger partial charge in [0.05, 0.1) is 27.7 Å². The van der Waals surface area contributed by atoms with E-state index in [2.05, 4.69) is 0 Å². The van der Waals surface area contributed by atoms with Crippen molar-refractivity contribution in [2.24, 2.45) is 0 Å². The molecule has 1 aromatic rings. The molecule has 1 heterocycles. The molecule has 0 N–H and O–H groups in total. The summed E-state index contributed by atoms with van der Waals surface area (Å²) in [5.74, 6) is -0.328. The van der Waals surface area contributed by atoms with Crippen LogP contribution < -0.4 is 0 Å². The number of benzene rings is 1. The van der Waals surface area contributed by atoms with E-state index in [1.54, 1.807) is 6.08 Å². The lowest BCUT2D eigenvalue weighted by Crippen LogP contribution is -2.54. The van der Waals surface area contributed by atoms with Crippen molar-refractivity contribution in [2.75, 3.05) is 21.1 Å². The third-order valence-electron chi connectivity index (χ3n) is 3.56. The number of quaternary nitrogens is 1. The molecule has 0 bridgehead atoms. The van der Waals surface area contributed by atoms with Gasteiger partial charge in [0.25, 0.3) is 11.8 Å². The van der Waals surface area contributed by atoms with E-state index in [-0.39, 0.29) is 17.9 Å². The van der Waals surface area contributed by atoms with Gasteiger partial charge in [0, 0.05) is 6.42 Å². The Balaban J connectivity index is 2.27. The highest BCUT2D eigenvalue weighted by atomic mass is 16.2. The Morgan fingerprint density at radius 3 is 2.40 bits per heavy atom. The third kappa shape index (κ3) is 3.14. The van der Waals surface area contributed by atoms with Gasteiger partial charge in [-0.05, 0) is 11.6 Å². The van der Waals surface area contributed by atoms with Gasteiger partial charge in [-0.15, -0.1) is 0 Å². The molecule has 0 unspecified atom stereocenters. The van der Waals surface area contributed by atoms with Gasteiger partial charge in [0.2, 0.25) is 0 Å². The molecule has 20 heavy (non-hydrogen) atoms. The molecule has 1 atom stereocenters. The summed E-state index contributed by atoms with van der Waals surface area (Å²) in [5.41, 5.74) is 0.963. The lowest BCUT2D eigenvalue weighted by Gasteiger charge is -2.34. The first-order chi connectivity index (χ1) is 9.39. The minimum absolute atomic E-state index is 0.101. The van der Waals surface area contributed by atoms with E-state index >= 15 is 0 Å². The second kappa shape index (κ2) is 5.59. The van der Waals surface area contributed by atoms with E-state index in [1.165, 1.54) is 11.0 Å². The van der Waals surface area contributed by atoms with Crippen LogP contribution in [0.15, 0.2) is 42.5 Å². The van der Waals surface area contributed by atoms with E-state index in [4.69, 9.17) is 0 Å². The zero-order valence-electron chi connectivity index (χ0n) is 12.2. The second-order valence-electron chi connectivity index (χ2n) is 6.02. The molecule has 0 saturated carbocycles. The van der Waals surface area contributed by atoms with E-state index in [0.717, 1.165) is 5.56 Å². The van der Waals surface area contributed by atoms with Gasteiger partial charge in [0.1, 0.15) is 0 Å². The highest BCUT2D eigenvalue weighted by molar-refractivity contribution is 6.03.